The minimum Gasteiger partial charge on any atom is -0.305 e. The third-order valence-corrected chi connectivity index (χ3v) is 7.88. The maximum absolute atomic E-state index is 12.8. The second-order valence-corrected chi connectivity index (χ2v) is 10.5. The van der Waals surface area contributed by atoms with Crippen molar-refractivity contribution in [2.45, 2.75) is 11.4 Å². The molecule has 0 saturated carbocycles. The summed E-state index contributed by atoms with van der Waals surface area (Å²) in [5, 5.41) is 0. The number of nitrogens with zero attached hydrogens (tertiary/aromatic N) is 3. The number of rotatable bonds is 8. The number of fused-ring (bicyclic) bond motifs is 1. The first kappa shape index (κ1) is 23.9. The number of carbonyl (C=O) groups is 1. The normalized spacial score (nSPS) is 12.1. The SMILES string of the molecule is C#CCn1c(=NC(=O)c2ccc(S(=O)(=O)N(CC=C)CC=C)cc2)sc2cc(Br)ccc21. The predicted octanol–water partition coefficient (Wildman–Crippen LogP) is 4.20. The number of aromatic nitrogens is 1. The molecular formula is C23H20BrN3O3S2. The summed E-state index contributed by atoms with van der Waals surface area (Å²) in [6.45, 7) is 7.77. The standard InChI is InChI=1S/C23H20BrN3O3S2/c1-4-13-26(14-5-2)32(29,30)19-10-7-17(8-11-19)22(28)25-23-27(15-6-3)20-12-9-18(24)16-21(20)31-23/h3-5,7-12,16H,1-2,13-15H2. The Kier molecular flexibility index (Phi) is 7.64. The molecule has 32 heavy (non-hydrogen) atoms. The average molecular weight is 530 g/mol. The summed E-state index contributed by atoms with van der Waals surface area (Å²) in [6, 6.07) is 11.4. The maximum atomic E-state index is 12.8. The van der Waals surface area contributed by atoms with Gasteiger partial charge in [0.05, 0.1) is 21.7 Å². The summed E-state index contributed by atoms with van der Waals surface area (Å²) in [5.41, 5.74) is 1.16. The molecule has 0 aliphatic rings. The third-order valence-electron chi connectivity index (χ3n) is 4.50. The molecule has 0 saturated heterocycles. The van der Waals surface area contributed by atoms with Gasteiger partial charge in [0.25, 0.3) is 5.91 Å². The molecular weight excluding hydrogens is 510 g/mol. The van der Waals surface area contributed by atoms with Crippen LogP contribution in [0.4, 0.5) is 0 Å². The highest BCUT2D eigenvalue weighted by molar-refractivity contribution is 9.10. The largest absolute Gasteiger partial charge is 0.305 e. The molecule has 0 fully saturated rings. The molecule has 0 radical (unpaired) electrons. The molecule has 3 rings (SSSR count). The number of amides is 1. The van der Waals surface area contributed by atoms with E-state index < -0.39 is 15.9 Å². The molecule has 3 aromatic rings. The van der Waals surface area contributed by atoms with Gasteiger partial charge in [0.1, 0.15) is 0 Å². The molecule has 1 heterocycles. The Labute approximate surface area is 199 Å². The molecule has 9 heteroatoms. The Bertz CT molecular complexity index is 1380. The Hall–Kier alpha value is -2.77. The van der Waals surface area contributed by atoms with E-state index >= 15 is 0 Å². The molecule has 0 bridgehead atoms. The van der Waals surface area contributed by atoms with Gasteiger partial charge in [-0.05, 0) is 42.5 Å². The van der Waals surface area contributed by atoms with E-state index in [0.717, 1.165) is 14.7 Å². The van der Waals surface area contributed by atoms with E-state index in [1.54, 1.807) is 4.57 Å². The molecule has 164 valence electrons. The zero-order valence-electron chi connectivity index (χ0n) is 17.1. The molecule has 1 amide bonds. The summed E-state index contributed by atoms with van der Waals surface area (Å²) in [6.07, 6.45) is 8.51. The fraction of sp³-hybridized carbons (Fsp3) is 0.130. The van der Waals surface area contributed by atoms with Gasteiger partial charge in [0.15, 0.2) is 4.80 Å². The van der Waals surface area contributed by atoms with Crippen molar-refractivity contribution >= 4 is 53.4 Å². The van der Waals surface area contributed by atoms with Gasteiger partial charge in [-0.15, -0.1) is 19.6 Å². The van der Waals surface area contributed by atoms with Gasteiger partial charge in [0, 0.05) is 23.1 Å². The van der Waals surface area contributed by atoms with E-state index in [-0.39, 0.29) is 30.1 Å². The lowest BCUT2D eigenvalue weighted by Gasteiger charge is -2.19. The summed E-state index contributed by atoms with van der Waals surface area (Å²) in [5.74, 6) is 2.10. The highest BCUT2D eigenvalue weighted by Gasteiger charge is 2.22. The van der Waals surface area contributed by atoms with Crippen LogP contribution in [-0.4, -0.2) is 36.3 Å². The predicted molar refractivity (Wildman–Crippen MR) is 132 cm³/mol. The minimum absolute atomic E-state index is 0.0758. The fourth-order valence-electron chi connectivity index (χ4n) is 3.01. The number of carbonyl (C=O) groups excluding carboxylic acids is 1. The van der Waals surface area contributed by atoms with Crippen molar-refractivity contribution in [3.63, 3.8) is 0 Å². The molecule has 0 spiro atoms. The maximum Gasteiger partial charge on any atom is 0.279 e. The fourth-order valence-corrected chi connectivity index (χ4v) is 5.97. The Morgan fingerprint density at radius 2 is 1.84 bits per heavy atom. The zero-order chi connectivity index (χ0) is 23.3. The monoisotopic (exact) mass is 529 g/mol. The highest BCUT2D eigenvalue weighted by Crippen LogP contribution is 2.22. The van der Waals surface area contributed by atoms with Crippen molar-refractivity contribution in [2.75, 3.05) is 13.1 Å². The van der Waals surface area contributed by atoms with Crippen molar-refractivity contribution in [3.05, 3.63) is 82.6 Å². The number of benzene rings is 2. The summed E-state index contributed by atoms with van der Waals surface area (Å²) in [4.78, 5) is 17.6. The molecule has 0 N–H and O–H groups in total. The number of hydrogen-bond acceptors (Lipinski definition) is 4. The molecule has 2 aromatic carbocycles. The summed E-state index contributed by atoms with van der Waals surface area (Å²) in [7, 11) is -3.74. The number of terminal acetylenes is 1. The molecule has 6 nitrogen and oxygen atoms in total. The van der Waals surface area contributed by atoms with Crippen molar-refractivity contribution in [1.29, 1.82) is 0 Å². The van der Waals surface area contributed by atoms with Gasteiger partial charge in [-0.2, -0.15) is 9.30 Å². The second-order valence-electron chi connectivity index (χ2n) is 6.63. The number of hydrogen-bond donors (Lipinski definition) is 0. The van der Waals surface area contributed by atoms with Crippen molar-refractivity contribution in [1.82, 2.24) is 8.87 Å². The third kappa shape index (κ3) is 5.00. The van der Waals surface area contributed by atoms with Crippen LogP contribution in [0.1, 0.15) is 10.4 Å². The van der Waals surface area contributed by atoms with E-state index in [9.17, 15) is 13.2 Å². The van der Waals surface area contributed by atoms with Gasteiger partial charge in [-0.1, -0.05) is 45.3 Å². The Morgan fingerprint density at radius 3 is 2.44 bits per heavy atom. The first-order valence-corrected chi connectivity index (χ1v) is 12.5. The van der Waals surface area contributed by atoms with Crippen LogP contribution in [-0.2, 0) is 16.6 Å². The van der Waals surface area contributed by atoms with E-state index in [4.69, 9.17) is 6.42 Å². The van der Waals surface area contributed by atoms with Crippen LogP contribution in [0.15, 0.2) is 82.1 Å². The van der Waals surface area contributed by atoms with Crippen LogP contribution in [0.3, 0.4) is 0 Å². The van der Waals surface area contributed by atoms with E-state index in [0.29, 0.717) is 4.80 Å². The zero-order valence-corrected chi connectivity index (χ0v) is 20.3. The van der Waals surface area contributed by atoms with Crippen molar-refractivity contribution < 1.29 is 13.2 Å². The lowest BCUT2D eigenvalue weighted by atomic mass is 10.2. The van der Waals surface area contributed by atoms with E-state index in [1.165, 1.54) is 52.1 Å². The van der Waals surface area contributed by atoms with Gasteiger partial charge >= 0.3 is 0 Å². The minimum atomic E-state index is -3.74. The first-order chi connectivity index (χ1) is 15.3. The van der Waals surface area contributed by atoms with Gasteiger partial charge < -0.3 is 4.57 Å². The van der Waals surface area contributed by atoms with Gasteiger partial charge in [-0.25, -0.2) is 8.42 Å². The van der Waals surface area contributed by atoms with Crippen LogP contribution >= 0.6 is 27.3 Å². The van der Waals surface area contributed by atoms with Gasteiger partial charge in [-0.3, -0.25) is 4.79 Å². The molecule has 0 aliphatic carbocycles. The second kappa shape index (κ2) is 10.2. The lowest BCUT2D eigenvalue weighted by molar-refractivity contribution is 0.0998. The smallest absolute Gasteiger partial charge is 0.279 e. The van der Waals surface area contributed by atoms with Gasteiger partial charge in [0.2, 0.25) is 10.0 Å². The Morgan fingerprint density at radius 1 is 1.19 bits per heavy atom. The van der Waals surface area contributed by atoms with Crippen LogP contribution in [0, 0.1) is 12.3 Å². The van der Waals surface area contributed by atoms with Crippen LogP contribution < -0.4 is 4.80 Å². The Balaban J connectivity index is 1.97. The lowest BCUT2D eigenvalue weighted by Crippen LogP contribution is -2.31. The highest BCUT2D eigenvalue weighted by atomic mass is 79.9. The number of thiazole rings is 1. The van der Waals surface area contributed by atoms with Crippen LogP contribution in [0.2, 0.25) is 0 Å². The molecule has 1 aromatic heterocycles. The van der Waals surface area contributed by atoms with Crippen molar-refractivity contribution in [2.24, 2.45) is 4.99 Å². The number of sulfonamides is 1. The molecule has 0 aliphatic heterocycles. The molecule has 0 unspecified atom stereocenters. The number of halogens is 1. The topological polar surface area (TPSA) is 71.7 Å². The first-order valence-electron chi connectivity index (χ1n) is 9.45. The van der Waals surface area contributed by atoms with E-state index in [1.807, 2.05) is 18.2 Å². The van der Waals surface area contributed by atoms with E-state index in [2.05, 4.69) is 40.0 Å². The van der Waals surface area contributed by atoms with Crippen molar-refractivity contribution in [3.8, 4) is 12.3 Å². The van der Waals surface area contributed by atoms with Crippen LogP contribution in [0.25, 0.3) is 10.2 Å². The summed E-state index contributed by atoms with van der Waals surface area (Å²) < 4.78 is 30.5. The quantitative estimate of drug-likeness (QED) is 0.324. The molecule has 0 atom stereocenters. The summed E-state index contributed by atoms with van der Waals surface area (Å²) >= 11 is 4.79. The van der Waals surface area contributed by atoms with Crippen LogP contribution in [0.5, 0.6) is 0 Å². The average Bonchev–Trinajstić information content (AvgIpc) is 3.09.